The largest absolute Gasteiger partial charge is 0.308 e. The van der Waals surface area contributed by atoms with Crippen LogP contribution in [0, 0.1) is 17.5 Å². The predicted molar refractivity (Wildman–Crippen MR) is 71.0 cm³/mol. The molecule has 19 heavy (non-hydrogen) atoms. The molecule has 0 amide bonds. The summed E-state index contributed by atoms with van der Waals surface area (Å²) in [6.45, 7) is 0.629. The van der Waals surface area contributed by atoms with Crippen LogP contribution in [-0.4, -0.2) is 0 Å². The van der Waals surface area contributed by atoms with Gasteiger partial charge in [-0.05, 0) is 35.9 Å². The van der Waals surface area contributed by atoms with Crippen LogP contribution in [0.2, 0.25) is 0 Å². The Balaban J connectivity index is 1.98. The van der Waals surface area contributed by atoms with Crippen molar-refractivity contribution in [3.05, 3.63) is 69.4 Å². The van der Waals surface area contributed by atoms with Gasteiger partial charge < -0.3 is 5.32 Å². The van der Waals surface area contributed by atoms with E-state index in [1.54, 1.807) is 6.07 Å². The maximum atomic E-state index is 13.4. The van der Waals surface area contributed by atoms with Gasteiger partial charge in [-0.15, -0.1) is 0 Å². The zero-order valence-corrected chi connectivity index (χ0v) is 11.5. The molecule has 0 aliphatic carbocycles. The maximum Gasteiger partial charge on any atom is 0.127 e. The highest BCUT2D eigenvalue weighted by Gasteiger charge is 2.05. The van der Waals surface area contributed by atoms with Gasteiger partial charge in [-0.2, -0.15) is 0 Å². The van der Waals surface area contributed by atoms with E-state index in [1.807, 2.05) is 0 Å². The lowest BCUT2D eigenvalue weighted by atomic mass is 10.2. The SMILES string of the molecule is Fc1ccc(CNCc2cc(F)ccc2F)c(Br)c1. The average Bonchev–Trinajstić information content (AvgIpc) is 2.36. The van der Waals surface area contributed by atoms with E-state index in [1.165, 1.54) is 12.1 Å². The molecule has 1 N–H and O–H groups in total. The Morgan fingerprint density at radius 1 is 0.842 bits per heavy atom. The van der Waals surface area contributed by atoms with E-state index >= 15 is 0 Å². The maximum absolute atomic E-state index is 13.4. The van der Waals surface area contributed by atoms with Crippen molar-refractivity contribution < 1.29 is 13.2 Å². The summed E-state index contributed by atoms with van der Waals surface area (Å²) in [6, 6.07) is 7.68. The van der Waals surface area contributed by atoms with E-state index in [0.717, 1.165) is 23.8 Å². The first-order chi connectivity index (χ1) is 9.06. The fourth-order valence-corrected chi connectivity index (χ4v) is 2.17. The molecule has 1 nitrogen and oxygen atoms in total. The molecule has 0 heterocycles. The molecule has 2 rings (SSSR count). The summed E-state index contributed by atoms with van der Waals surface area (Å²) in [5, 5.41) is 2.99. The van der Waals surface area contributed by atoms with Crippen LogP contribution in [0.25, 0.3) is 0 Å². The van der Waals surface area contributed by atoms with Gasteiger partial charge in [0.15, 0.2) is 0 Å². The number of benzene rings is 2. The van der Waals surface area contributed by atoms with Crippen LogP contribution in [0.15, 0.2) is 40.9 Å². The van der Waals surface area contributed by atoms with Crippen molar-refractivity contribution in [2.75, 3.05) is 0 Å². The van der Waals surface area contributed by atoms with Crippen LogP contribution < -0.4 is 5.32 Å². The number of halogens is 4. The fraction of sp³-hybridized carbons (Fsp3) is 0.143. The highest BCUT2D eigenvalue weighted by atomic mass is 79.9. The van der Waals surface area contributed by atoms with Gasteiger partial charge in [-0.1, -0.05) is 22.0 Å². The molecule has 0 unspecified atom stereocenters. The van der Waals surface area contributed by atoms with Gasteiger partial charge in [0, 0.05) is 23.1 Å². The molecule has 0 aliphatic rings. The van der Waals surface area contributed by atoms with E-state index < -0.39 is 11.6 Å². The van der Waals surface area contributed by atoms with Gasteiger partial charge in [0.2, 0.25) is 0 Å². The lowest BCUT2D eigenvalue weighted by molar-refractivity contribution is 0.568. The number of hydrogen-bond acceptors (Lipinski definition) is 1. The lowest BCUT2D eigenvalue weighted by Crippen LogP contribution is -2.14. The van der Waals surface area contributed by atoms with E-state index in [2.05, 4.69) is 21.2 Å². The van der Waals surface area contributed by atoms with Gasteiger partial charge in [0.1, 0.15) is 17.5 Å². The molecule has 2 aromatic rings. The third kappa shape index (κ3) is 3.81. The van der Waals surface area contributed by atoms with E-state index in [0.29, 0.717) is 11.0 Å². The smallest absolute Gasteiger partial charge is 0.127 e. The van der Waals surface area contributed by atoms with Crippen molar-refractivity contribution >= 4 is 15.9 Å². The summed E-state index contributed by atoms with van der Waals surface area (Å²) in [7, 11) is 0. The zero-order valence-electron chi connectivity index (χ0n) is 9.89. The minimum absolute atomic E-state index is 0.202. The first kappa shape index (κ1) is 14.1. The summed E-state index contributed by atoms with van der Waals surface area (Å²) in [5.41, 5.74) is 1.11. The third-order valence-electron chi connectivity index (χ3n) is 2.65. The number of nitrogens with one attached hydrogen (secondary N) is 1. The molecule has 0 atom stereocenters. The summed E-state index contributed by atoms with van der Waals surface area (Å²) < 4.78 is 39.9. The number of hydrogen-bond donors (Lipinski definition) is 1. The second-order valence-electron chi connectivity index (χ2n) is 4.08. The zero-order chi connectivity index (χ0) is 13.8. The Labute approximate surface area is 117 Å². The molecule has 0 saturated heterocycles. The van der Waals surface area contributed by atoms with E-state index in [-0.39, 0.29) is 17.9 Å². The minimum atomic E-state index is -0.471. The van der Waals surface area contributed by atoms with Gasteiger partial charge in [-0.3, -0.25) is 0 Å². The molecule has 0 aliphatic heterocycles. The Morgan fingerprint density at radius 2 is 1.47 bits per heavy atom. The monoisotopic (exact) mass is 329 g/mol. The highest BCUT2D eigenvalue weighted by molar-refractivity contribution is 9.10. The Hall–Kier alpha value is -1.33. The molecular formula is C14H11BrF3N. The quantitative estimate of drug-likeness (QED) is 0.888. The van der Waals surface area contributed by atoms with Crippen LogP contribution in [-0.2, 0) is 13.1 Å². The predicted octanol–water partition coefficient (Wildman–Crippen LogP) is 4.16. The van der Waals surface area contributed by atoms with Crippen molar-refractivity contribution in [1.29, 1.82) is 0 Å². The summed E-state index contributed by atoms with van der Waals surface area (Å²) in [5.74, 6) is -1.25. The molecule has 2 aromatic carbocycles. The van der Waals surface area contributed by atoms with Crippen molar-refractivity contribution in [3.63, 3.8) is 0 Å². The highest BCUT2D eigenvalue weighted by Crippen LogP contribution is 2.18. The van der Waals surface area contributed by atoms with Gasteiger partial charge >= 0.3 is 0 Å². The van der Waals surface area contributed by atoms with Crippen molar-refractivity contribution in [3.8, 4) is 0 Å². The van der Waals surface area contributed by atoms with Gasteiger partial charge in [0.05, 0.1) is 0 Å². The van der Waals surface area contributed by atoms with Crippen LogP contribution >= 0.6 is 15.9 Å². The molecular weight excluding hydrogens is 319 g/mol. The molecule has 100 valence electrons. The average molecular weight is 330 g/mol. The van der Waals surface area contributed by atoms with Gasteiger partial charge in [0.25, 0.3) is 0 Å². The number of rotatable bonds is 4. The van der Waals surface area contributed by atoms with E-state index in [4.69, 9.17) is 0 Å². The topological polar surface area (TPSA) is 12.0 Å². The summed E-state index contributed by atoms with van der Waals surface area (Å²) in [6.07, 6.45) is 0. The summed E-state index contributed by atoms with van der Waals surface area (Å²) >= 11 is 3.25. The standard InChI is InChI=1S/C14H11BrF3N/c15-13-6-12(17)2-1-9(13)7-19-8-10-5-11(16)3-4-14(10)18/h1-6,19H,7-8H2. The molecule has 0 radical (unpaired) electrons. The minimum Gasteiger partial charge on any atom is -0.308 e. The molecule has 0 bridgehead atoms. The van der Waals surface area contributed by atoms with Crippen LogP contribution in [0.5, 0.6) is 0 Å². The second kappa shape index (κ2) is 6.21. The van der Waals surface area contributed by atoms with Crippen molar-refractivity contribution in [2.24, 2.45) is 0 Å². The first-order valence-electron chi connectivity index (χ1n) is 5.65. The molecule has 5 heteroatoms. The van der Waals surface area contributed by atoms with Crippen LogP contribution in [0.1, 0.15) is 11.1 Å². The van der Waals surface area contributed by atoms with Crippen molar-refractivity contribution in [1.82, 2.24) is 5.32 Å². The Bertz CT molecular complexity index is 587. The fourth-order valence-electron chi connectivity index (χ4n) is 1.68. The molecule has 0 aromatic heterocycles. The molecule has 0 spiro atoms. The normalized spacial score (nSPS) is 10.7. The second-order valence-corrected chi connectivity index (χ2v) is 4.93. The lowest BCUT2D eigenvalue weighted by Gasteiger charge is -2.08. The molecule has 0 fully saturated rings. The summed E-state index contributed by atoms with van der Waals surface area (Å²) in [4.78, 5) is 0. The Kier molecular flexibility index (Phi) is 4.61. The van der Waals surface area contributed by atoms with Crippen molar-refractivity contribution in [2.45, 2.75) is 13.1 Å². The van der Waals surface area contributed by atoms with E-state index in [9.17, 15) is 13.2 Å². The first-order valence-corrected chi connectivity index (χ1v) is 6.44. The van der Waals surface area contributed by atoms with Crippen LogP contribution in [0.4, 0.5) is 13.2 Å². The third-order valence-corrected chi connectivity index (χ3v) is 3.39. The van der Waals surface area contributed by atoms with Gasteiger partial charge in [-0.25, -0.2) is 13.2 Å². The van der Waals surface area contributed by atoms with Crippen LogP contribution in [0.3, 0.4) is 0 Å². The Morgan fingerprint density at radius 3 is 2.21 bits per heavy atom. The molecule has 0 saturated carbocycles.